The summed E-state index contributed by atoms with van der Waals surface area (Å²) < 4.78 is 0. The number of hydrogen-bond donors (Lipinski definition) is 2. The van der Waals surface area contributed by atoms with Gasteiger partial charge >= 0.3 is 0 Å². The molecule has 0 heterocycles. The van der Waals surface area contributed by atoms with E-state index < -0.39 is 0 Å². The van der Waals surface area contributed by atoms with E-state index in [9.17, 15) is 4.79 Å². The van der Waals surface area contributed by atoms with E-state index in [1.165, 1.54) is 19.3 Å². The molecule has 3 nitrogen and oxygen atoms in total. The second kappa shape index (κ2) is 6.55. The zero-order valence-electron chi connectivity index (χ0n) is 11.7. The SMILES string of the molecule is CC1CCC(CNC(=O)C2CCC(CN)CC2)C1. The smallest absolute Gasteiger partial charge is 0.223 e. The van der Waals surface area contributed by atoms with Gasteiger partial charge < -0.3 is 11.1 Å². The lowest BCUT2D eigenvalue weighted by Crippen LogP contribution is -2.36. The minimum absolute atomic E-state index is 0.256. The van der Waals surface area contributed by atoms with E-state index in [0.717, 1.165) is 50.6 Å². The highest BCUT2D eigenvalue weighted by Gasteiger charge is 2.27. The molecule has 0 bridgehead atoms. The van der Waals surface area contributed by atoms with Crippen molar-refractivity contribution in [3.63, 3.8) is 0 Å². The van der Waals surface area contributed by atoms with E-state index in [1.807, 2.05) is 0 Å². The lowest BCUT2D eigenvalue weighted by atomic mass is 9.81. The van der Waals surface area contributed by atoms with Crippen molar-refractivity contribution in [3.05, 3.63) is 0 Å². The summed E-state index contributed by atoms with van der Waals surface area (Å²) in [7, 11) is 0. The van der Waals surface area contributed by atoms with Crippen LogP contribution in [0.4, 0.5) is 0 Å². The van der Waals surface area contributed by atoms with Crippen molar-refractivity contribution in [1.29, 1.82) is 0 Å². The fraction of sp³-hybridized carbons (Fsp3) is 0.933. The van der Waals surface area contributed by atoms with Gasteiger partial charge in [0.1, 0.15) is 0 Å². The van der Waals surface area contributed by atoms with Crippen molar-refractivity contribution < 1.29 is 4.79 Å². The first-order valence-electron chi connectivity index (χ1n) is 7.66. The number of nitrogens with two attached hydrogens (primary N) is 1. The number of nitrogens with one attached hydrogen (secondary N) is 1. The van der Waals surface area contributed by atoms with Crippen LogP contribution in [-0.2, 0) is 4.79 Å². The third-order valence-corrected chi connectivity index (χ3v) is 4.92. The van der Waals surface area contributed by atoms with Crippen molar-refractivity contribution >= 4 is 5.91 Å². The van der Waals surface area contributed by atoms with Gasteiger partial charge in [-0.1, -0.05) is 13.3 Å². The van der Waals surface area contributed by atoms with Gasteiger partial charge in [-0.3, -0.25) is 4.79 Å². The van der Waals surface area contributed by atoms with Crippen molar-refractivity contribution in [2.24, 2.45) is 29.4 Å². The normalized spacial score (nSPS) is 36.6. The molecule has 2 saturated carbocycles. The Kier molecular flexibility index (Phi) is 5.04. The number of carbonyl (C=O) groups excluding carboxylic acids is 1. The minimum atomic E-state index is 0.256. The van der Waals surface area contributed by atoms with Crippen LogP contribution in [0.5, 0.6) is 0 Å². The van der Waals surface area contributed by atoms with E-state index in [-0.39, 0.29) is 5.92 Å². The van der Waals surface area contributed by atoms with Gasteiger partial charge in [-0.05, 0) is 62.8 Å². The number of hydrogen-bond acceptors (Lipinski definition) is 2. The molecular weight excluding hydrogens is 224 g/mol. The van der Waals surface area contributed by atoms with Gasteiger partial charge in [0.15, 0.2) is 0 Å². The Bertz CT molecular complexity index is 272. The maximum absolute atomic E-state index is 12.1. The predicted octanol–water partition coefficient (Wildman–Crippen LogP) is 2.30. The second-order valence-electron chi connectivity index (χ2n) is 6.48. The summed E-state index contributed by atoms with van der Waals surface area (Å²) >= 11 is 0. The Hall–Kier alpha value is -0.570. The Morgan fingerprint density at radius 1 is 1.11 bits per heavy atom. The summed E-state index contributed by atoms with van der Waals surface area (Å²) in [5, 5.41) is 3.18. The topological polar surface area (TPSA) is 55.1 Å². The minimum Gasteiger partial charge on any atom is -0.356 e. The van der Waals surface area contributed by atoms with Gasteiger partial charge in [-0.15, -0.1) is 0 Å². The highest BCUT2D eigenvalue weighted by atomic mass is 16.1. The van der Waals surface area contributed by atoms with E-state index in [1.54, 1.807) is 0 Å². The quantitative estimate of drug-likeness (QED) is 0.806. The molecule has 3 N–H and O–H groups in total. The van der Waals surface area contributed by atoms with Gasteiger partial charge in [-0.25, -0.2) is 0 Å². The zero-order chi connectivity index (χ0) is 13.0. The average Bonchev–Trinajstić information content (AvgIpc) is 2.82. The maximum atomic E-state index is 12.1. The Morgan fingerprint density at radius 2 is 1.78 bits per heavy atom. The second-order valence-corrected chi connectivity index (χ2v) is 6.48. The summed E-state index contributed by atoms with van der Waals surface area (Å²) in [5.41, 5.74) is 5.68. The fourth-order valence-electron chi connectivity index (χ4n) is 3.56. The highest BCUT2D eigenvalue weighted by Crippen LogP contribution is 2.30. The molecule has 2 unspecified atom stereocenters. The molecule has 0 saturated heterocycles. The lowest BCUT2D eigenvalue weighted by Gasteiger charge is -2.27. The van der Waals surface area contributed by atoms with Gasteiger partial charge in [-0.2, -0.15) is 0 Å². The number of carbonyl (C=O) groups is 1. The lowest BCUT2D eigenvalue weighted by molar-refractivity contribution is -0.126. The summed E-state index contributed by atoms with van der Waals surface area (Å²) in [4.78, 5) is 12.1. The van der Waals surface area contributed by atoms with E-state index in [4.69, 9.17) is 5.73 Å². The van der Waals surface area contributed by atoms with E-state index in [0.29, 0.717) is 11.8 Å². The summed E-state index contributed by atoms with van der Waals surface area (Å²) in [6.45, 7) is 4.00. The van der Waals surface area contributed by atoms with Crippen molar-refractivity contribution in [3.8, 4) is 0 Å². The molecule has 0 aromatic carbocycles. The van der Waals surface area contributed by atoms with Gasteiger partial charge in [0.2, 0.25) is 5.91 Å². The van der Waals surface area contributed by atoms with E-state index in [2.05, 4.69) is 12.2 Å². The Labute approximate surface area is 111 Å². The first-order valence-corrected chi connectivity index (χ1v) is 7.66. The first kappa shape index (κ1) is 13.9. The fourth-order valence-corrected chi connectivity index (χ4v) is 3.56. The summed E-state index contributed by atoms with van der Waals surface area (Å²) in [5.74, 6) is 2.79. The largest absolute Gasteiger partial charge is 0.356 e. The summed E-state index contributed by atoms with van der Waals surface area (Å²) in [6.07, 6.45) is 8.26. The van der Waals surface area contributed by atoms with Crippen molar-refractivity contribution in [2.45, 2.75) is 51.9 Å². The van der Waals surface area contributed by atoms with Crippen LogP contribution in [0.25, 0.3) is 0 Å². The molecule has 0 radical (unpaired) electrons. The van der Waals surface area contributed by atoms with E-state index >= 15 is 0 Å². The Balaban J connectivity index is 1.66. The first-order chi connectivity index (χ1) is 8.69. The van der Waals surface area contributed by atoms with Crippen LogP contribution in [0.1, 0.15) is 51.9 Å². The molecule has 18 heavy (non-hydrogen) atoms. The molecule has 0 aliphatic heterocycles. The van der Waals surface area contributed by atoms with Crippen LogP contribution in [0.3, 0.4) is 0 Å². The molecular formula is C15H28N2O. The number of amides is 1. The molecule has 0 aromatic heterocycles. The maximum Gasteiger partial charge on any atom is 0.223 e. The Morgan fingerprint density at radius 3 is 2.33 bits per heavy atom. The molecule has 1 amide bonds. The molecule has 0 spiro atoms. The molecule has 2 aliphatic carbocycles. The van der Waals surface area contributed by atoms with Crippen LogP contribution in [0, 0.1) is 23.7 Å². The van der Waals surface area contributed by atoms with Crippen LogP contribution >= 0.6 is 0 Å². The summed E-state index contributed by atoms with van der Waals surface area (Å²) in [6, 6.07) is 0. The molecule has 104 valence electrons. The highest BCUT2D eigenvalue weighted by molar-refractivity contribution is 5.78. The standard InChI is InChI=1S/C15H28N2O/c1-11-2-3-13(8-11)10-17-15(18)14-6-4-12(9-16)5-7-14/h11-14H,2-10,16H2,1H3,(H,17,18). The zero-order valence-corrected chi connectivity index (χ0v) is 11.7. The van der Waals surface area contributed by atoms with Crippen LogP contribution in [-0.4, -0.2) is 19.0 Å². The third-order valence-electron chi connectivity index (χ3n) is 4.92. The monoisotopic (exact) mass is 252 g/mol. The molecule has 3 heteroatoms. The van der Waals surface area contributed by atoms with Crippen molar-refractivity contribution in [2.75, 3.05) is 13.1 Å². The molecule has 2 aliphatic rings. The molecule has 2 atom stereocenters. The number of rotatable bonds is 4. The van der Waals surface area contributed by atoms with Crippen LogP contribution < -0.4 is 11.1 Å². The molecule has 0 aromatic rings. The van der Waals surface area contributed by atoms with Crippen molar-refractivity contribution in [1.82, 2.24) is 5.32 Å². The predicted molar refractivity (Wildman–Crippen MR) is 74.0 cm³/mol. The van der Waals surface area contributed by atoms with Gasteiger partial charge in [0, 0.05) is 12.5 Å². The van der Waals surface area contributed by atoms with Crippen LogP contribution in [0.2, 0.25) is 0 Å². The average molecular weight is 252 g/mol. The van der Waals surface area contributed by atoms with Crippen LogP contribution in [0.15, 0.2) is 0 Å². The van der Waals surface area contributed by atoms with Gasteiger partial charge in [0.25, 0.3) is 0 Å². The van der Waals surface area contributed by atoms with Gasteiger partial charge in [0.05, 0.1) is 0 Å². The molecule has 2 rings (SSSR count). The third kappa shape index (κ3) is 3.71. The molecule has 2 fully saturated rings.